The number of nitrogens with two attached hydrogens (primary N) is 3. The molecule has 3 nitrogen and oxygen atoms in total. The maximum Gasteiger partial charge on any atom is 0.0429 e. The van der Waals surface area contributed by atoms with Crippen molar-refractivity contribution in [2.24, 2.45) is 11.5 Å². The van der Waals surface area contributed by atoms with E-state index in [0.717, 1.165) is 23.3 Å². The summed E-state index contributed by atoms with van der Waals surface area (Å²) in [5.41, 5.74) is 24.1. The molecule has 146 valence electrons. The highest BCUT2D eigenvalue weighted by molar-refractivity contribution is 6.30. The topological polar surface area (TPSA) is 78.1 Å². The molecule has 1 aliphatic rings. The van der Waals surface area contributed by atoms with Gasteiger partial charge < -0.3 is 17.2 Å². The van der Waals surface area contributed by atoms with Crippen molar-refractivity contribution in [3.8, 4) is 0 Å². The summed E-state index contributed by atoms with van der Waals surface area (Å²) in [5, 5.41) is 0.645. The molecular formula is C24H28ClN3. The van der Waals surface area contributed by atoms with Crippen LogP contribution in [0.4, 0.5) is 5.69 Å². The first-order valence-corrected chi connectivity index (χ1v) is 9.71. The van der Waals surface area contributed by atoms with Gasteiger partial charge in [0.25, 0.3) is 0 Å². The van der Waals surface area contributed by atoms with Crippen molar-refractivity contribution in [3.63, 3.8) is 0 Å². The molecule has 0 saturated carbocycles. The van der Waals surface area contributed by atoms with Crippen LogP contribution in [0.3, 0.4) is 0 Å². The van der Waals surface area contributed by atoms with Crippen LogP contribution in [0, 0.1) is 0 Å². The second kappa shape index (κ2) is 7.06. The van der Waals surface area contributed by atoms with Crippen LogP contribution in [0.15, 0.2) is 78.2 Å². The zero-order chi connectivity index (χ0) is 20.7. The van der Waals surface area contributed by atoms with Gasteiger partial charge in [-0.15, -0.1) is 0 Å². The molecule has 2 aromatic carbocycles. The lowest BCUT2D eigenvalue weighted by atomic mass is 9.71. The van der Waals surface area contributed by atoms with Crippen LogP contribution in [-0.4, -0.2) is 0 Å². The number of benzene rings is 2. The predicted octanol–water partition coefficient (Wildman–Crippen LogP) is 5.15. The molecule has 2 unspecified atom stereocenters. The maximum atomic E-state index is 6.34. The van der Waals surface area contributed by atoms with Crippen LogP contribution in [0.25, 0.3) is 0 Å². The molecule has 28 heavy (non-hydrogen) atoms. The van der Waals surface area contributed by atoms with Gasteiger partial charge in [0.05, 0.1) is 0 Å². The van der Waals surface area contributed by atoms with Crippen LogP contribution in [0.2, 0.25) is 5.02 Å². The third-order valence-electron chi connectivity index (χ3n) is 5.74. The van der Waals surface area contributed by atoms with Gasteiger partial charge in [0.1, 0.15) is 0 Å². The summed E-state index contributed by atoms with van der Waals surface area (Å²) >= 11 is 6.34. The molecule has 3 rings (SSSR count). The van der Waals surface area contributed by atoms with Gasteiger partial charge in [0, 0.05) is 32.9 Å². The Morgan fingerprint density at radius 3 is 2.29 bits per heavy atom. The number of rotatable bonds is 4. The molecule has 0 spiro atoms. The van der Waals surface area contributed by atoms with Crippen molar-refractivity contribution in [3.05, 3.63) is 99.9 Å². The fourth-order valence-corrected chi connectivity index (χ4v) is 4.84. The van der Waals surface area contributed by atoms with Gasteiger partial charge in [-0.2, -0.15) is 0 Å². The summed E-state index contributed by atoms with van der Waals surface area (Å²) in [7, 11) is 0. The summed E-state index contributed by atoms with van der Waals surface area (Å²) in [5.74, 6) is 0. The summed E-state index contributed by atoms with van der Waals surface area (Å²) in [6.07, 6.45) is 4.75. The maximum absolute atomic E-state index is 6.34. The highest BCUT2D eigenvalue weighted by Gasteiger charge is 2.49. The monoisotopic (exact) mass is 393 g/mol. The second-order valence-corrected chi connectivity index (χ2v) is 8.66. The van der Waals surface area contributed by atoms with Gasteiger partial charge in [-0.05, 0) is 66.0 Å². The first-order valence-electron chi connectivity index (χ1n) is 9.33. The second-order valence-electron chi connectivity index (χ2n) is 8.22. The molecule has 2 aromatic rings. The number of fused-ring (bicyclic) bond motifs is 1. The SMILES string of the molecule is C=C(N)/C=C(\C=C(/C)N)C1(C)CC(C)(c2cc(N)cc(Cl)c2)c2ccccc21. The average Bonchev–Trinajstić information content (AvgIpc) is 2.83. The molecule has 6 N–H and O–H groups in total. The number of hydrogen-bond acceptors (Lipinski definition) is 3. The minimum Gasteiger partial charge on any atom is -0.402 e. The van der Waals surface area contributed by atoms with Crippen LogP contribution in [-0.2, 0) is 10.8 Å². The average molecular weight is 394 g/mol. The summed E-state index contributed by atoms with van der Waals surface area (Å²) in [4.78, 5) is 0. The fraction of sp³-hybridized carbons (Fsp3) is 0.250. The molecular weight excluding hydrogens is 366 g/mol. The lowest BCUT2D eigenvalue weighted by Crippen LogP contribution is -2.27. The molecule has 0 aromatic heterocycles. The molecule has 0 bridgehead atoms. The van der Waals surface area contributed by atoms with Crippen molar-refractivity contribution in [2.45, 2.75) is 38.0 Å². The smallest absolute Gasteiger partial charge is 0.0429 e. The van der Waals surface area contributed by atoms with E-state index in [2.05, 4.69) is 44.7 Å². The van der Waals surface area contributed by atoms with E-state index in [0.29, 0.717) is 16.4 Å². The first-order chi connectivity index (χ1) is 13.1. The van der Waals surface area contributed by atoms with Crippen molar-refractivity contribution in [1.29, 1.82) is 0 Å². The Bertz CT molecular complexity index is 980. The van der Waals surface area contributed by atoms with Gasteiger partial charge in [-0.3, -0.25) is 0 Å². The van der Waals surface area contributed by atoms with Crippen LogP contribution >= 0.6 is 11.6 Å². The highest BCUT2D eigenvalue weighted by atomic mass is 35.5. The van der Waals surface area contributed by atoms with E-state index < -0.39 is 0 Å². The Kier molecular flexibility index (Phi) is 5.07. The van der Waals surface area contributed by atoms with E-state index in [9.17, 15) is 0 Å². The minimum absolute atomic E-state index is 0.254. The minimum atomic E-state index is -0.286. The van der Waals surface area contributed by atoms with Gasteiger partial charge in [0.15, 0.2) is 0 Å². The summed E-state index contributed by atoms with van der Waals surface area (Å²) in [6.45, 7) is 10.2. The molecule has 4 heteroatoms. The van der Waals surface area contributed by atoms with Gasteiger partial charge in [-0.25, -0.2) is 0 Å². The molecule has 0 aliphatic heterocycles. The van der Waals surface area contributed by atoms with E-state index in [1.165, 1.54) is 11.1 Å². The quantitative estimate of drug-likeness (QED) is 0.496. The number of nitrogen functional groups attached to an aromatic ring is 1. The zero-order valence-electron chi connectivity index (χ0n) is 16.7. The molecule has 2 atom stereocenters. The van der Waals surface area contributed by atoms with E-state index in [-0.39, 0.29) is 10.8 Å². The van der Waals surface area contributed by atoms with Crippen molar-refractivity contribution in [1.82, 2.24) is 0 Å². The lowest BCUT2D eigenvalue weighted by Gasteiger charge is -2.32. The standard InChI is InChI=1S/C24H28ClN3/c1-15(26)9-17(10-16(2)27)23(3)14-24(4,22-8-6-5-7-21(22)23)18-11-19(25)13-20(28)12-18/h5-13H,1,14,26-28H2,2-4H3/b16-10+,17-9+. The number of allylic oxidation sites excluding steroid dienone is 4. The molecule has 0 radical (unpaired) electrons. The molecule has 0 amide bonds. The van der Waals surface area contributed by atoms with E-state index >= 15 is 0 Å². The van der Waals surface area contributed by atoms with E-state index in [4.69, 9.17) is 28.8 Å². The van der Waals surface area contributed by atoms with Crippen molar-refractivity contribution in [2.75, 3.05) is 5.73 Å². The molecule has 0 saturated heterocycles. The third-order valence-corrected chi connectivity index (χ3v) is 5.96. The van der Waals surface area contributed by atoms with Gasteiger partial charge in [0.2, 0.25) is 0 Å². The Hall–Kier alpha value is -2.65. The lowest BCUT2D eigenvalue weighted by molar-refractivity contribution is 0.449. The van der Waals surface area contributed by atoms with Crippen molar-refractivity contribution < 1.29 is 0 Å². The number of halogens is 1. The largest absolute Gasteiger partial charge is 0.402 e. The van der Waals surface area contributed by atoms with Crippen LogP contribution < -0.4 is 17.2 Å². The van der Waals surface area contributed by atoms with Gasteiger partial charge >= 0.3 is 0 Å². The Labute approximate surface area is 172 Å². The Balaban J connectivity index is 2.27. The number of anilines is 1. The summed E-state index contributed by atoms with van der Waals surface area (Å²) in [6, 6.07) is 14.3. The van der Waals surface area contributed by atoms with Crippen molar-refractivity contribution >= 4 is 17.3 Å². The molecule has 0 fully saturated rings. The van der Waals surface area contributed by atoms with Crippen LogP contribution in [0.5, 0.6) is 0 Å². The Morgan fingerprint density at radius 2 is 1.71 bits per heavy atom. The first kappa shape index (κ1) is 20.1. The number of hydrogen-bond donors (Lipinski definition) is 3. The summed E-state index contributed by atoms with van der Waals surface area (Å²) < 4.78 is 0. The zero-order valence-corrected chi connectivity index (χ0v) is 17.5. The van der Waals surface area contributed by atoms with E-state index in [1.54, 1.807) is 6.07 Å². The third kappa shape index (κ3) is 3.43. The van der Waals surface area contributed by atoms with Gasteiger partial charge in [-0.1, -0.05) is 56.3 Å². The molecule has 1 aliphatic carbocycles. The fourth-order valence-electron chi connectivity index (χ4n) is 4.59. The predicted molar refractivity (Wildman–Crippen MR) is 120 cm³/mol. The normalized spacial score (nSPS) is 24.9. The molecule has 0 heterocycles. The van der Waals surface area contributed by atoms with Crippen LogP contribution in [0.1, 0.15) is 43.9 Å². The van der Waals surface area contributed by atoms with E-state index in [1.807, 2.05) is 31.2 Å². The highest BCUT2D eigenvalue weighted by Crippen LogP contribution is 2.56. The Morgan fingerprint density at radius 1 is 1.07 bits per heavy atom.